The predicted octanol–water partition coefficient (Wildman–Crippen LogP) is 2.46. The Hall–Kier alpha value is -3.16. The Morgan fingerprint density at radius 3 is 2.50 bits per heavy atom. The molecular weight excluding hydrogens is 297 g/mol. The number of halogens is 1. The van der Waals surface area contributed by atoms with Crippen molar-refractivity contribution in [2.75, 3.05) is 0 Å². The van der Waals surface area contributed by atoms with Gasteiger partial charge in [0.15, 0.2) is 12.4 Å². The molecule has 2 aromatic rings. The highest BCUT2D eigenvalue weighted by Gasteiger charge is 2.19. The molecule has 0 aromatic heterocycles. The number of rotatable bonds is 5. The standard InChI is InChI=1S/C14H10FNO6/c15-11-6-9(2-4-12(11)16(20)21)22-14(7-17)10-3-1-8(18)5-13(10)19/h1-7,14,18-19H. The molecule has 8 heteroatoms. The number of aromatic hydroxyl groups is 2. The van der Waals surface area contributed by atoms with Crippen LogP contribution in [-0.2, 0) is 4.79 Å². The minimum Gasteiger partial charge on any atom is -0.508 e. The minimum absolute atomic E-state index is 0.0616. The second-order valence-electron chi connectivity index (χ2n) is 4.29. The van der Waals surface area contributed by atoms with Gasteiger partial charge in [0.05, 0.1) is 4.92 Å². The highest BCUT2D eigenvalue weighted by Crippen LogP contribution is 2.31. The lowest BCUT2D eigenvalue weighted by Crippen LogP contribution is -2.09. The van der Waals surface area contributed by atoms with Gasteiger partial charge < -0.3 is 14.9 Å². The summed E-state index contributed by atoms with van der Waals surface area (Å²) in [5.74, 6) is -1.80. The molecule has 0 aliphatic carbocycles. The SMILES string of the molecule is O=CC(Oc1ccc([N+](=O)[O-])c(F)c1)c1ccc(O)cc1O. The zero-order valence-corrected chi connectivity index (χ0v) is 11.0. The first kappa shape index (κ1) is 15.2. The maximum atomic E-state index is 13.5. The summed E-state index contributed by atoms with van der Waals surface area (Å²) in [6, 6.07) is 6.34. The molecule has 2 N–H and O–H groups in total. The summed E-state index contributed by atoms with van der Waals surface area (Å²) in [6.45, 7) is 0. The molecule has 0 spiro atoms. The smallest absolute Gasteiger partial charge is 0.305 e. The molecule has 0 bridgehead atoms. The summed E-state index contributed by atoms with van der Waals surface area (Å²) >= 11 is 0. The molecule has 0 fully saturated rings. The molecule has 22 heavy (non-hydrogen) atoms. The normalized spacial score (nSPS) is 11.7. The van der Waals surface area contributed by atoms with Crippen LogP contribution in [0.3, 0.4) is 0 Å². The van der Waals surface area contributed by atoms with Crippen molar-refractivity contribution in [1.29, 1.82) is 0 Å². The van der Waals surface area contributed by atoms with Crippen LogP contribution < -0.4 is 4.74 Å². The predicted molar refractivity (Wildman–Crippen MR) is 72.3 cm³/mol. The lowest BCUT2D eigenvalue weighted by Gasteiger charge is -2.15. The Morgan fingerprint density at radius 1 is 1.23 bits per heavy atom. The number of phenols is 2. The summed E-state index contributed by atoms with van der Waals surface area (Å²) in [4.78, 5) is 20.7. The second-order valence-corrected chi connectivity index (χ2v) is 4.29. The van der Waals surface area contributed by atoms with E-state index in [2.05, 4.69) is 0 Å². The van der Waals surface area contributed by atoms with Crippen molar-refractivity contribution in [3.05, 3.63) is 57.9 Å². The lowest BCUT2D eigenvalue weighted by molar-refractivity contribution is -0.387. The van der Waals surface area contributed by atoms with E-state index in [0.717, 1.165) is 24.3 Å². The topological polar surface area (TPSA) is 110 Å². The number of aldehydes is 1. The maximum absolute atomic E-state index is 13.5. The fourth-order valence-electron chi connectivity index (χ4n) is 1.79. The zero-order valence-electron chi connectivity index (χ0n) is 11.0. The highest BCUT2D eigenvalue weighted by molar-refractivity contribution is 5.63. The number of phenolic OH excluding ortho intramolecular Hbond substituents is 2. The van der Waals surface area contributed by atoms with E-state index in [1.165, 1.54) is 12.1 Å². The molecule has 1 atom stereocenters. The quantitative estimate of drug-likeness (QED) is 0.499. The molecule has 7 nitrogen and oxygen atoms in total. The van der Waals surface area contributed by atoms with Crippen molar-refractivity contribution in [3.8, 4) is 17.2 Å². The molecule has 2 rings (SSSR count). The van der Waals surface area contributed by atoms with Crippen LogP contribution in [0.25, 0.3) is 0 Å². The van der Waals surface area contributed by atoms with Gasteiger partial charge in [-0.3, -0.25) is 14.9 Å². The number of benzene rings is 2. The van der Waals surface area contributed by atoms with Gasteiger partial charge in [0.2, 0.25) is 5.82 Å². The van der Waals surface area contributed by atoms with E-state index >= 15 is 0 Å². The Labute approximate surface area is 123 Å². The van der Waals surface area contributed by atoms with Crippen molar-refractivity contribution < 1.29 is 29.1 Å². The molecule has 0 aliphatic heterocycles. The van der Waals surface area contributed by atoms with Crippen molar-refractivity contribution in [2.45, 2.75) is 6.10 Å². The molecule has 114 valence electrons. The summed E-state index contributed by atoms with van der Waals surface area (Å²) in [7, 11) is 0. The van der Waals surface area contributed by atoms with Crippen LogP contribution in [0.15, 0.2) is 36.4 Å². The largest absolute Gasteiger partial charge is 0.508 e. The van der Waals surface area contributed by atoms with Gasteiger partial charge in [-0.05, 0) is 18.2 Å². The first-order valence-electron chi connectivity index (χ1n) is 6.00. The monoisotopic (exact) mass is 307 g/mol. The number of carbonyl (C=O) groups is 1. The van der Waals surface area contributed by atoms with Gasteiger partial charge in [0, 0.05) is 23.8 Å². The van der Waals surface area contributed by atoms with Crippen LogP contribution in [-0.4, -0.2) is 21.4 Å². The van der Waals surface area contributed by atoms with Gasteiger partial charge in [-0.2, -0.15) is 4.39 Å². The molecule has 0 radical (unpaired) electrons. The molecule has 0 heterocycles. The Kier molecular flexibility index (Phi) is 4.21. The summed E-state index contributed by atoms with van der Waals surface area (Å²) in [5, 5.41) is 29.4. The van der Waals surface area contributed by atoms with Crippen LogP contribution in [0.2, 0.25) is 0 Å². The summed E-state index contributed by atoms with van der Waals surface area (Å²) < 4.78 is 18.7. The van der Waals surface area contributed by atoms with Crippen LogP contribution in [0, 0.1) is 15.9 Å². The van der Waals surface area contributed by atoms with Crippen LogP contribution in [0.4, 0.5) is 10.1 Å². The van der Waals surface area contributed by atoms with Gasteiger partial charge >= 0.3 is 5.69 Å². The van der Waals surface area contributed by atoms with Crippen LogP contribution in [0.5, 0.6) is 17.2 Å². The van der Waals surface area contributed by atoms with Crippen molar-refractivity contribution >= 4 is 12.0 Å². The van der Waals surface area contributed by atoms with E-state index in [1.54, 1.807) is 0 Å². The van der Waals surface area contributed by atoms with E-state index in [4.69, 9.17) is 4.74 Å². The van der Waals surface area contributed by atoms with E-state index in [0.29, 0.717) is 6.29 Å². The van der Waals surface area contributed by atoms with Crippen molar-refractivity contribution in [3.63, 3.8) is 0 Å². The molecule has 2 aromatic carbocycles. The third kappa shape index (κ3) is 3.11. The number of nitro groups is 1. The van der Waals surface area contributed by atoms with Gasteiger partial charge in [-0.25, -0.2) is 0 Å². The maximum Gasteiger partial charge on any atom is 0.305 e. The van der Waals surface area contributed by atoms with Gasteiger partial charge in [-0.15, -0.1) is 0 Å². The number of hydrogen-bond donors (Lipinski definition) is 2. The first-order valence-corrected chi connectivity index (χ1v) is 6.00. The fourth-order valence-corrected chi connectivity index (χ4v) is 1.79. The third-order valence-corrected chi connectivity index (χ3v) is 2.82. The number of nitro benzene ring substituents is 1. The van der Waals surface area contributed by atoms with E-state index in [9.17, 15) is 29.5 Å². The van der Waals surface area contributed by atoms with E-state index in [1.807, 2.05) is 0 Å². The number of carbonyl (C=O) groups excluding carboxylic acids is 1. The highest BCUT2D eigenvalue weighted by atomic mass is 19.1. The average molecular weight is 307 g/mol. The Bertz CT molecular complexity index is 733. The van der Waals surface area contributed by atoms with E-state index in [-0.39, 0.29) is 22.8 Å². The van der Waals surface area contributed by atoms with Gasteiger partial charge in [-0.1, -0.05) is 0 Å². The van der Waals surface area contributed by atoms with Crippen LogP contribution >= 0.6 is 0 Å². The fraction of sp³-hybridized carbons (Fsp3) is 0.0714. The molecule has 1 unspecified atom stereocenters. The summed E-state index contributed by atoms with van der Waals surface area (Å²) in [6.07, 6.45) is -0.896. The third-order valence-electron chi connectivity index (χ3n) is 2.82. The molecular formula is C14H10FNO6. The van der Waals surface area contributed by atoms with Gasteiger partial charge in [0.1, 0.15) is 17.2 Å². The molecule has 0 amide bonds. The molecule has 0 saturated heterocycles. The second kappa shape index (κ2) is 6.08. The zero-order chi connectivity index (χ0) is 16.3. The van der Waals surface area contributed by atoms with E-state index < -0.39 is 22.5 Å². The first-order chi connectivity index (χ1) is 10.4. The van der Waals surface area contributed by atoms with Crippen molar-refractivity contribution in [1.82, 2.24) is 0 Å². The number of nitrogens with zero attached hydrogens (tertiary/aromatic N) is 1. The van der Waals surface area contributed by atoms with Crippen molar-refractivity contribution in [2.24, 2.45) is 0 Å². The average Bonchev–Trinajstić information content (AvgIpc) is 2.45. The number of hydrogen-bond acceptors (Lipinski definition) is 6. The minimum atomic E-state index is -1.26. The lowest BCUT2D eigenvalue weighted by atomic mass is 10.1. The molecule has 0 aliphatic rings. The van der Waals surface area contributed by atoms with Crippen LogP contribution in [0.1, 0.15) is 11.7 Å². The Balaban J connectivity index is 2.29. The summed E-state index contributed by atoms with van der Waals surface area (Å²) in [5.41, 5.74) is -0.658. The van der Waals surface area contributed by atoms with Gasteiger partial charge in [0.25, 0.3) is 0 Å². The Morgan fingerprint density at radius 2 is 1.95 bits per heavy atom. The number of ether oxygens (including phenoxy) is 1. The molecule has 0 saturated carbocycles.